The number of aliphatic hydroxyl groups excluding tert-OH is 2. The zero-order chi connectivity index (χ0) is 21.3. The number of nitrogens with two attached hydrogens (primary N) is 1. The van der Waals surface area contributed by atoms with E-state index in [2.05, 4.69) is 25.9 Å². The molecule has 0 saturated heterocycles. The van der Waals surface area contributed by atoms with E-state index in [0.717, 1.165) is 0 Å². The van der Waals surface area contributed by atoms with Gasteiger partial charge >= 0.3 is 5.97 Å². The topological polar surface area (TPSA) is 220 Å². The predicted octanol–water partition coefficient (Wildman–Crippen LogP) is -4.18. The van der Waals surface area contributed by atoms with Gasteiger partial charge < -0.3 is 42.0 Å². The molecule has 4 atom stereocenters. The average molecular weight is 400 g/mol. The summed E-state index contributed by atoms with van der Waals surface area (Å²) in [6, 6.07) is -5.06. The quantitative estimate of drug-likeness (QED) is 0.180. The molecule has 1 rings (SSSR count). The van der Waals surface area contributed by atoms with Gasteiger partial charge in [0.25, 0.3) is 0 Å². The van der Waals surface area contributed by atoms with E-state index in [0.29, 0.717) is 5.69 Å². The summed E-state index contributed by atoms with van der Waals surface area (Å²) in [5.74, 6) is -3.79. The normalized spacial score (nSPS) is 15.0. The maximum atomic E-state index is 12.5. The summed E-state index contributed by atoms with van der Waals surface area (Å²) in [6.45, 7) is -0.141. The standard InChI is InChI=1S/C15H24N6O7/c1-7(12(24)21-11(5-23)15(27)28)19-14(26)10(2-8-3-17-6-18-8)20-13(25)9(16)4-22/h3,6-7,9-11,22-23H,2,4-5,16H2,1H3,(H,17,18)(H,19,26)(H,20,25)(H,21,24)(H,27,28). The Morgan fingerprint density at radius 1 is 1.07 bits per heavy atom. The van der Waals surface area contributed by atoms with Crippen molar-refractivity contribution in [1.29, 1.82) is 0 Å². The minimum atomic E-state index is -1.52. The Morgan fingerprint density at radius 3 is 2.21 bits per heavy atom. The molecule has 3 amide bonds. The highest BCUT2D eigenvalue weighted by Crippen LogP contribution is 2.01. The number of rotatable bonds is 11. The maximum Gasteiger partial charge on any atom is 0.328 e. The molecule has 1 heterocycles. The van der Waals surface area contributed by atoms with Gasteiger partial charge in [0.1, 0.15) is 24.2 Å². The van der Waals surface area contributed by atoms with Crippen LogP contribution in [0.4, 0.5) is 0 Å². The third-order valence-electron chi connectivity index (χ3n) is 3.69. The third kappa shape index (κ3) is 6.94. The summed E-state index contributed by atoms with van der Waals surface area (Å²) in [6.07, 6.45) is 2.81. The molecular formula is C15H24N6O7. The number of imidazole rings is 1. The molecule has 0 aliphatic heterocycles. The number of carbonyl (C=O) groups is 4. The van der Waals surface area contributed by atoms with Gasteiger partial charge in [-0.2, -0.15) is 0 Å². The van der Waals surface area contributed by atoms with Gasteiger partial charge in [-0.1, -0.05) is 0 Å². The second-order valence-electron chi connectivity index (χ2n) is 5.94. The average Bonchev–Trinajstić information content (AvgIpc) is 3.17. The first-order valence-corrected chi connectivity index (χ1v) is 8.28. The number of nitrogens with one attached hydrogen (secondary N) is 4. The molecule has 0 aromatic carbocycles. The number of hydrogen-bond acceptors (Lipinski definition) is 8. The highest BCUT2D eigenvalue weighted by atomic mass is 16.4. The maximum absolute atomic E-state index is 12.5. The molecule has 0 spiro atoms. The van der Waals surface area contributed by atoms with Gasteiger partial charge in [0.05, 0.1) is 19.5 Å². The van der Waals surface area contributed by atoms with Gasteiger partial charge in [0.2, 0.25) is 17.7 Å². The molecular weight excluding hydrogens is 376 g/mol. The van der Waals surface area contributed by atoms with Crippen molar-refractivity contribution in [3.05, 3.63) is 18.2 Å². The summed E-state index contributed by atoms with van der Waals surface area (Å²) in [5.41, 5.74) is 5.94. The van der Waals surface area contributed by atoms with Crippen molar-refractivity contribution >= 4 is 23.7 Å². The molecule has 0 radical (unpaired) electrons. The smallest absolute Gasteiger partial charge is 0.328 e. The molecule has 0 aliphatic rings. The van der Waals surface area contributed by atoms with Crippen molar-refractivity contribution in [2.24, 2.45) is 5.73 Å². The fraction of sp³-hybridized carbons (Fsp3) is 0.533. The number of amides is 3. The summed E-state index contributed by atoms with van der Waals surface area (Å²) in [5, 5.41) is 33.5. The van der Waals surface area contributed by atoms with Crippen LogP contribution in [0.25, 0.3) is 0 Å². The number of nitrogens with zero attached hydrogens (tertiary/aromatic N) is 1. The molecule has 0 saturated carbocycles. The lowest BCUT2D eigenvalue weighted by atomic mass is 10.1. The Kier molecular flexibility index (Phi) is 9.01. The van der Waals surface area contributed by atoms with E-state index in [1.807, 2.05) is 0 Å². The molecule has 13 heteroatoms. The number of carboxylic acids is 1. The second-order valence-corrected chi connectivity index (χ2v) is 5.94. The molecule has 0 bridgehead atoms. The van der Waals surface area contributed by atoms with E-state index in [4.69, 9.17) is 21.1 Å². The number of carboxylic acid groups (broad SMARTS) is 1. The molecule has 0 fully saturated rings. The minimum Gasteiger partial charge on any atom is -0.480 e. The SMILES string of the molecule is CC(NC(=O)C(Cc1cnc[nH]1)NC(=O)C(N)CO)C(=O)NC(CO)C(=O)O. The van der Waals surface area contributed by atoms with Gasteiger partial charge in [-0.25, -0.2) is 9.78 Å². The van der Waals surface area contributed by atoms with Gasteiger partial charge in [-0.05, 0) is 6.92 Å². The number of aromatic amines is 1. The van der Waals surface area contributed by atoms with Crippen LogP contribution < -0.4 is 21.7 Å². The number of aliphatic hydroxyl groups is 2. The van der Waals surface area contributed by atoms with Crippen molar-refractivity contribution in [3.8, 4) is 0 Å². The van der Waals surface area contributed by atoms with Crippen molar-refractivity contribution in [2.45, 2.75) is 37.5 Å². The van der Waals surface area contributed by atoms with Gasteiger partial charge in [-0.15, -0.1) is 0 Å². The van der Waals surface area contributed by atoms with Crippen LogP contribution in [0.3, 0.4) is 0 Å². The van der Waals surface area contributed by atoms with E-state index in [1.54, 1.807) is 0 Å². The van der Waals surface area contributed by atoms with Gasteiger partial charge in [0, 0.05) is 18.3 Å². The van der Waals surface area contributed by atoms with Crippen LogP contribution in [-0.2, 0) is 25.6 Å². The lowest BCUT2D eigenvalue weighted by Crippen LogP contribution is -2.57. The lowest BCUT2D eigenvalue weighted by molar-refractivity contribution is -0.143. The van der Waals surface area contributed by atoms with E-state index >= 15 is 0 Å². The Morgan fingerprint density at radius 2 is 1.71 bits per heavy atom. The van der Waals surface area contributed by atoms with Crippen LogP contribution in [0.2, 0.25) is 0 Å². The summed E-state index contributed by atoms with van der Waals surface area (Å²) < 4.78 is 0. The highest BCUT2D eigenvalue weighted by Gasteiger charge is 2.28. The van der Waals surface area contributed by atoms with Crippen LogP contribution in [0.5, 0.6) is 0 Å². The van der Waals surface area contributed by atoms with E-state index < -0.39 is 61.1 Å². The third-order valence-corrected chi connectivity index (χ3v) is 3.69. The molecule has 156 valence electrons. The zero-order valence-corrected chi connectivity index (χ0v) is 15.1. The van der Waals surface area contributed by atoms with Crippen LogP contribution in [-0.4, -0.2) is 86.4 Å². The number of aromatic nitrogens is 2. The van der Waals surface area contributed by atoms with E-state index in [1.165, 1.54) is 19.4 Å². The largest absolute Gasteiger partial charge is 0.480 e. The Balaban J connectivity index is 2.79. The molecule has 28 heavy (non-hydrogen) atoms. The zero-order valence-electron chi connectivity index (χ0n) is 15.1. The van der Waals surface area contributed by atoms with E-state index in [-0.39, 0.29) is 6.42 Å². The Bertz CT molecular complexity index is 680. The summed E-state index contributed by atoms with van der Waals surface area (Å²) in [7, 11) is 0. The molecule has 1 aromatic rings. The fourth-order valence-electron chi connectivity index (χ4n) is 2.05. The molecule has 4 unspecified atom stereocenters. The lowest BCUT2D eigenvalue weighted by Gasteiger charge is -2.22. The van der Waals surface area contributed by atoms with Crippen LogP contribution in [0, 0.1) is 0 Å². The molecule has 0 aliphatic carbocycles. The Labute approximate surface area is 159 Å². The highest BCUT2D eigenvalue weighted by molar-refractivity contribution is 5.94. The number of aliphatic carboxylic acids is 1. The van der Waals surface area contributed by atoms with Crippen LogP contribution in [0.1, 0.15) is 12.6 Å². The van der Waals surface area contributed by atoms with Crippen molar-refractivity contribution < 1.29 is 34.5 Å². The minimum absolute atomic E-state index is 0.00154. The number of H-pyrrole nitrogens is 1. The Hall–Kier alpha value is -3.03. The summed E-state index contributed by atoms with van der Waals surface area (Å²) >= 11 is 0. The van der Waals surface area contributed by atoms with Gasteiger partial charge in [0.15, 0.2) is 0 Å². The van der Waals surface area contributed by atoms with E-state index in [9.17, 15) is 19.2 Å². The van der Waals surface area contributed by atoms with Crippen LogP contribution >= 0.6 is 0 Å². The number of hydrogen-bond donors (Lipinski definition) is 8. The molecule has 1 aromatic heterocycles. The van der Waals surface area contributed by atoms with Crippen molar-refractivity contribution in [3.63, 3.8) is 0 Å². The monoisotopic (exact) mass is 400 g/mol. The second kappa shape index (κ2) is 11.0. The summed E-state index contributed by atoms with van der Waals surface area (Å²) in [4.78, 5) is 53.9. The van der Waals surface area contributed by atoms with Gasteiger partial charge in [-0.3, -0.25) is 14.4 Å². The van der Waals surface area contributed by atoms with Crippen LogP contribution in [0.15, 0.2) is 12.5 Å². The molecule has 13 nitrogen and oxygen atoms in total. The fourth-order valence-corrected chi connectivity index (χ4v) is 2.05. The molecule has 9 N–H and O–H groups in total. The first-order valence-electron chi connectivity index (χ1n) is 8.28. The number of carbonyl (C=O) groups excluding carboxylic acids is 3. The van der Waals surface area contributed by atoms with Crippen molar-refractivity contribution in [1.82, 2.24) is 25.9 Å². The van der Waals surface area contributed by atoms with Crippen molar-refractivity contribution in [2.75, 3.05) is 13.2 Å². The first-order chi connectivity index (χ1) is 13.2. The predicted molar refractivity (Wildman–Crippen MR) is 93.5 cm³/mol. The first kappa shape index (κ1) is 23.0.